The molecule has 25 heavy (non-hydrogen) atoms. The number of amides is 1. The second kappa shape index (κ2) is 7.31. The van der Waals surface area contributed by atoms with E-state index >= 15 is 0 Å². The van der Waals surface area contributed by atoms with Crippen LogP contribution in [-0.2, 0) is 9.53 Å². The summed E-state index contributed by atoms with van der Waals surface area (Å²) in [5, 5.41) is 0.614. The molecular formula is C18H19FN2O3S. The summed E-state index contributed by atoms with van der Waals surface area (Å²) in [5.41, 5.74) is 1.27. The second-order valence-corrected chi connectivity index (χ2v) is 7.02. The van der Waals surface area contributed by atoms with E-state index in [0.29, 0.717) is 15.6 Å². The zero-order valence-electron chi connectivity index (χ0n) is 14.1. The van der Waals surface area contributed by atoms with Gasteiger partial charge >= 0.3 is 5.97 Å². The van der Waals surface area contributed by atoms with Crippen LogP contribution in [0.4, 0.5) is 4.39 Å². The van der Waals surface area contributed by atoms with Crippen LogP contribution in [0.25, 0.3) is 10.6 Å². The molecule has 1 amide bonds. The first-order chi connectivity index (χ1) is 12.0. The highest BCUT2D eigenvalue weighted by Crippen LogP contribution is 2.29. The number of halogens is 1. The maximum absolute atomic E-state index is 13.0. The summed E-state index contributed by atoms with van der Waals surface area (Å²) in [6.45, 7) is 4.74. The van der Waals surface area contributed by atoms with Crippen molar-refractivity contribution in [1.82, 2.24) is 9.88 Å². The molecule has 1 saturated heterocycles. The van der Waals surface area contributed by atoms with E-state index in [0.717, 1.165) is 31.5 Å². The molecule has 1 fully saturated rings. The maximum Gasteiger partial charge on any atom is 0.351 e. The van der Waals surface area contributed by atoms with Gasteiger partial charge in [0.15, 0.2) is 6.10 Å². The van der Waals surface area contributed by atoms with Crippen LogP contribution in [0.3, 0.4) is 0 Å². The van der Waals surface area contributed by atoms with Crippen LogP contribution in [0.5, 0.6) is 0 Å². The Balaban J connectivity index is 1.71. The van der Waals surface area contributed by atoms with Crippen molar-refractivity contribution in [3.05, 3.63) is 40.7 Å². The van der Waals surface area contributed by atoms with E-state index in [1.54, 1.807) is 30.9 Å². The Bertz CT molecular complexity index is 782. The summed E-state index contributed by atoms with van der Waals surface area (Å²) in [4.78, 5) is 31.1. The number of benzene rings is 1. The Labute approximate surface area is 149 Å². The summed E-state index contributed by atoms with van der Waals surface area (Å²) in [6.07, 6.45) is 1.16. The number of carbonyl (C=O) groups excluding carboxylic acids is 2. The first-order valence-corrected chi connectivity index (χ1v) is 9.00. The number of thiazole rings is 1. The molecule has 132 valence electrons. The lowest BCUT2D eigenvalue weighted by molar-refractivity contribution is -0.138. The number of aromatic nitrogens is 1. The molecule has 1 aliphatic rings. The minimum Gasteiger partial charge on any atom is -0.448 e. The number of esters is 1. The minimum absolute atomic E-state index is 0.160. The molecule has 0 spiro atoms. The number of ether oxygens (including phenoxy) is 1. The number of aryl methyl sites for hydroxylation is 1. The molecule has 0 saturated carbocycles. The van der Waals surface area contributed by atoms with E-state index in [1.807, 2.05) is 0 Å². The molecule has 0 N–H and O–H groups in total. The number of hydrogen-bond acceptors (Lipinski definition) is 5. The third kappa shape index (κ3) is 3.87. The van der Waals surface area contributed by atoms with E-state index in [4.69, 9.17) is 4.74 Å². The molecule has 0 aliphatic carbocycles. The Hall–Kier alpha value is -2.28. The fourth-order valence-corrected chi connectivity index (χ4v) is 3.72. The predicted molar refractivity (Wildman–Crippen MR) is 92.9 cm³/mol. The van der Waals surface area contributed by atoms with Gasteiger partial charge < -0.3 is 9.64 Å². The monoisotopic (exact) mass is 362 g/mol. The molecule has 0 bridgehead atoms. The lowest BCUT2D eigenvalue weighted by Gasteiger charge is -2.20. The number of hydrogen-bond donors (Lipinski definition) is 0. The van der Waals surface area contributed by atoms with Gasteiger partial charge in [-0.25, -0.2) is 14.2 Å². The molecule has 5 nitrogen and oxygen atoms in total. The van der Waals surface area contributed by atoms with Gasteiger partial charge in [-0.2, -0.15) is 0 Å². The topological polar surface area (TPSA) is 59.5 Å². The Morgan fingerprint density at radius 1 is 1.24 bits per heavy atom. The van der Waals surface area contributed by atoms with Gasteiger partial charge in [0.05, 0.1) is 5.69 Å². The third-order valence-corrected chi connectivity index (χ3v) is 5.31. The van der Waals surface area contributed by atoms with E-state index in [-0.39, 0.29) is 11.7 Å². The van der Waals surface area contributed by atoms with E-state index < -0.39 is 12.1 Å². The predicted octanol–water partition coefficient (Wildman–Crippen LogP) is 3.43. The average molecular weight is 362 g/mol. The summed E-state index contributed by atoms with van der Waals surface area (Å²) < 4.78 is 18.4. The highest BCUT2D eigenvalue weighted by Gasteiger charge is 2.27. The summed E-state index contributed by atoms with van der Waals surface area (Å²) in [6, 6.07) is 5.92. The van der Waals surface area contributed by atoms with Crippen LogP contribution in [0.1, 0.15) is 35.1 Å². The van der Waals surface area contributed by atoms with Crippen LogP contribution in [0.15, 0.2) is 24.3 Å². The molecule has 0 radical (unpaired) electrons. The highest BCUT2D eigenvalue weighted by atomic mass is 32.1. The molecule has 3 rings (SSSR count). The van der Waals surface area contributed by atoms with E-state index in [2.05, 4.69) is 4.98 Å². The molecule has 1 aliphatic heterocycles. The number of nitrogens with zero attached hydrogens (tertiary/aromatic N) is 2. The summed E-state index contributed by atoms with van der Waals surface area (Å²) in [5.74, 6) is -1.04. The Morgan fingerprint density at radius 2 is 1.88 bits per heavy atom. The van der Waals surface area contributed by atoms with Crippen molar-refractivity contribution in [2.45, 2.75) is 32.8 Å². The van der Waals surface area contributed by atoms with Gasteiger partial charge in [0.2, 0.25) is 0 Å². The van der Waals surface area contributed by atoms with Crippen molar-refractivity contribution in [1.29, 1.82) is 0 Å². The van der Waals surface area contributed by atoms with Crippen molar-refractivity contribution < 1.29 is 18.7 Å². The smallest absolute Gasteiger partial charge is 0.351 e. The zero-order chi connectivity index (χ0) is 18.0. The van der Waals surface area contributed by atoms with Gasteiger partial charge in [-0.15, -0.1) is 11.3 Å². The molecule has 2 heterocycles. The molecule has 1 aromatic heterocycles. The van der Waals surface area contributed by atoms with Gasteiger partial charge in [0, 0.05) is 18.7 Å². The molecular weight excluding hydrogens is 343 g/mol. The number of carbonyl (C=O) groups is 2. The van der Waals surface area contributed by atoms with Crippen molar-refractivity contribution in [3.63, 3.8) is 0 Å². The number of rotatable bonds is 4. The lowest BCUT2D eigenvalue weighted by atomic mass is 10.2. The zero-order valence-corrected chi connectivity index (χ0v) is 14.9. The van der Waals surface area contributed by atoms with Crippen molar-refractivity contribution in [2.75, 3.05) is 13.1 Å². The first kappa shape index (κ1) is 17.5. The highest BCUT2D eigenvalue weighted by molar-refractivity contribution is 7.17. The van der Waals surface area contributed by atoms with Crippen LogP contribution in [0, 0.1) is 12.7 Å². The molecule has 7 heteroatoms. The van der Waals surface area contributed by atoms with Gasteiger partial charge in [0.25, 0.3) is 5.91 Å². The van der Waals surface area contributed by atoms with Crippen LogP contribution in [0.2, 0.25) is 0 Å². The minimum atomic E-state index is -0.818. The molecule has 2 aromatic rings. The normalized spacial score (nSPS) is 15.2. The van der Waals surface area contributed by atoms with E-state index in [1.165, 1.54) is 23.5 Å². The van der Waals surface area contributed by atoms with E-state index in [9.17, 15) is 14.0 Å². The van der Waals surface area contributed by atoms with Crippen molar-refractivity contribution >= 4 is 23.2 Å². The quantitative estimate of drug-likeness (QED) is 0.782. The van der Waals surface area contributed by atoms with Gasteiger partial charge in [0.1, 0.15) is 15.7 Å². The number of likely N-dealkylation sites (tertiary alicyclic amines) is 1. The van der Waals surface area contributed by atoms with Crippen molar-refractivity contribution in [2.24, 2.45) is 0 Å². The van der Waals surface area contributed by atoms with Crippen LogP contribution >= 0.6 is 11.3 Å². The third-order valence-electron chi connectivity index (χ3n) is 4.12. The maximum atomic E-state index is 13.0. The molecule has 1 aromatic carbocycles. The van der Waals surface area contributed by atoms with Gasteiger partial charge in [-0.3, -0.25) is 4.79 Å². The Kier molecular flexibility index (Phi) is 5.13. The second-order valence-electron chi connectivity index (χ2n) is 6.02. The fourth-order valence-electron chi connectivity index (χ4n) is 2.76. The summed E-state index contributed by atoms with van der Waals surface area (Å²) >= 11 is 1.18. The lowest BCUT2D eigenvalue weighted by Crippen LogP contribution is -2.38. The van der Waals surface area contributed by atoms with Gasteiger partial charge in [-0.05, 0) is 51.0 Å². The summed E-state index contributed by atoms with van der Waals surface area (Å²) in [7, 11) is 0. The molecule has 1 atom stereocenters. The first-order valence-electron chi connectivity index (χ1n) is 8.19. The van der Waals surface area contributed by atoms with Gasteiger partial charge in [-0.1, -0.05) is 0 Å². The fraction of sp³-hybridized carbons (Fsp3) is 0.389. The van der Waals surface area contributed by atoms with Crippen LogP contribution in [-0.4, -0.2) is 41.0 Å². The largest absolute Gasteiger partial charge is 0.448 e. The van der Waals surface area contributed by atoms with Crippen molar-refractivity contribution in [3.8, 4) is 10.6 Å². The van der Waals surface area contributed by atoms with Crippen LogP contribution < -0.4 is 0 Å². The molecule has 0 unspecified atom stereocenters. The standard InChI is InChI=1S/C18H19FN2O3S/c1-11-15(25-16(20-11)13-5-7-14(19)8-6-13)18(23)24-12(2)17(22)21-9-3-4-10-21/h5-8,12H,3-4,9-10H2,1-2H3/t12-/m0/s1. The Morgan fingerprint density at radius 3 is 2.52 bits per heavy atom. The SMILES string of the molecule is Cc1nc(-c2ccc(F)cc2)sc1C(=O)O[C@@H](C)C(=O)N1CCCC1. The average Bonchev–Trinajstić information content (AvgIpc) is 3.24.